The van der Waals surface area contributed by atoms with Crippen molar-refractivity contribution in [1.29, 1.82) is 5.26 Å². The lowest BCUT2D eigenvalue weighted by Gasteiger charge is -2.18. The van der Waals surface area contributed by atoms with Crippen LogP contribution in [-0.2, 0) is 15.3 Å². The number of nitriles is 1. The summed E-state index contributed by atoms with van der Waals surface area (Å²) < 4.78 is 5.89. The van der Waals surface area contributed by atoms with Crippen molar-refractivity contribution >= 4 is 62.3 Å². The van der Waals surface area contributed by atoms with E-state index in [0.717, 1.165) is 5.56 Å². The Morgan fingerprint density at radius 1 is 1.26 bits per heavy atom. The summed E-state index contributed by atoms with van der Waals surface area (Å²) in [6.45, 7) is 2.50. The second kappa shape index (κ2) is 7.65. The highest BCUT2D eigenvalue weighted by Gasteiger charge is 2.35. The number of halogens is 5. The number of alkyl halides is 3. The highest BCUT2D eigenvalue weighted by Crippen LogP contribution is 2.47. The van der Waals surface area contributed by atoms with E-state index < -0.39 is 3.79 Å². The fraction of sp³-hybridized carbons (Fsp3) is 0.267. The van der Waals surface area contributed by atoms with Gasteiger partial charge in [0.1, 0.15) is 12.8 Å². The first-order chi connectivity index (χ1) is 10.8. The average molecular weight is 457 g/mol. The van der Waals surface area contributed by atoms with E-state index in [1.54, 1.807) is 28.8 Å². The number of rotatable bonds is 4. The molecule has 0 saturated heterocycles. The van der Waals surface area contributed by atoms with E-state index in [2.05, 4.69) is 22.0 Å². The molecule has 0 spiro atoms. The third-order valence-electron chi connectivity index (χ3n) is 3.13. The lowest BCUT2D eigenvalue weighted by Crippen LogP contribution is -2.14. The SMILES string of the molecule is CCOCn1c(-c2ccc(Cl)cc2)c(C#N)c(Br)c1C(Cl)(Cl)Cl. The van der Waals surface area contributed by atoms with Crippen molar-refractivity contribution in [2.75, 3.05) is 6.61 Å². The van der Waals surface area contributed by atoms with Gasteiger partial charge in [-0.1, -0.05) is 58.5 Å². The van der Waals surface area contributed by atoms with Gasteiger partial charge in [0.2, 0.25) is 3.79 Å². The zero-order chi connectivity index (χ0) is 17.2. The molecule has 1 aromatic heterocycles. The number of hydrogen-bond donors (Lipinski definition) is 0. The van der Waals surface area contributed by atoms with Crippen LogP contribution >= 0.6 is 62.3 Å². The predicted octanol–water partition coefficient (Wildman–Crippen LogP) is 6.26. The quantitative estimate of drug-likeness (QED) is 0.509. The largest absolute Gasteiger partial charge is 0.361 e. The van der Waals surface area contributed by atoms with E-state index in [-0.39, 0.29) is 6.73 Å². The van der Waals surface area contributed by atoms with Crippen molar-refractivity contribution < 1.29 is 4.74 Å². The van der Waals surface area contributed by atoms with Crippen molar-refractivity contribution in [3.05, 3.63) is 45.0 Å². The maximum Gasteiger partial charge on any atom is 0.231 e. The molecule has 23 heavy (non-hydrogen) atoms. The van der Waals surface area contributed by atoms with Crippen molar-refractivity contribution in [3.63, 3.8) is 0 Å². The Morgan fingerprint density at radius 3 is 2.35 bits per heavy atom. The summed E-state index contributed by atoms with van der Waals surface area (Å²) in [4.78, 5) is 0. The van der Waals surface area contributed by atoms with Crippen LogP contribution in [0.5, 0.6) is 0 Å². The van der Waals surface area contributed by atoms with Crippen molar-refractivity contribution in [2.24, 2.45) is 0 Å². The zero-order valence-electron chi connectivity index (χ0n) is 11.9. The summed E-state index contributed by atoms with van der Waals surface area (Å²) in [6, 6.07) is 9.23. The van der Waals surface area contributed by atoms with E-state index in [1.165, 1.54) is 0 Å². The third kappa shape index (κ3) is 3.99. The van der Waals surface area contributed by atoms with Gasteiger partial charge in [0.15, 0.2) is 0 Å². The molecule has 122 valence electrons. The number of aromatic nitrogens is 1. The van der Waals surface area contributed by atoms with Gasteiger partial charge >= 0.3 is 0 Å². The van der Waals surface area contributed by atoms with E-state index in [4.69, 9.17) is 51.1 Å². The van der Waals surface area contributed by atoms with E-state index in [0.29, 0.717) is 33.1 Å². The lowest BCUT2D eigenvalue weighted by molar-refractivity contribution is 0.0873. The van der Waals surface area contributed by atoms with Gasteiger partial charge < -0.3 is 9.30 Å². The first kappa shape index (κ1) is 18.9. The van der Waals surface area contributed by atoms with Gasteiger partial charge in [-0.3, -0.25) is 0 Å². The molecule has 0 amide bonds. The third-order valence-corrected chi connectivity index (χ3v) is 4.69. The molecule has 0 bridgehead atoms. The second-order valence-corrected chi connectivity index (χ2v) is 8.06. The number of hydrogen-bond acceptors (Lipinski definition) is 2. The normalized spacial score (nSPS) is 11.5. The minimum atomic E-state index is -1.72. The second-order valence-electron chi connectivity index (χ2n) is 4.55. The Hall–Kier alpha value is -0.410. The average Bonchev–Trinajstić information content (AvgIpc) is 2.77. The molecule has 1 heterocycles. The van der Waals surface area contributed by atoms with Crippen LogP contribution in [0.2, 0.25) is 5.02 Å². The highest BCUT2D eigenvalue weighted by molar-refractivity contribution is 9.10. The Bertz CT molecular complexity index is 745. The lowest BCUT2D eigenvalue weighted by atomic mass is 10.1. The maximum atomic E-state index is 9.55. The number of benzene rings is 1. The molecule has 0 saturated carbocycles. The van der Waals surface area contributed by atoms with Crippen LogP contribution in [0.1, 0.15) is 18.2 Å². The first-order valence-electron chi connectivity index (χ1n) is 6.54. The van der Waals surface area contributed by atoms with Crippen LogP contribution < -0.4 is 0 Å². The van der Waals surface area contributed by atoms with E-state index in [9.17, 15) is 5.26 Å². The minimum absolute atomic E-state index is 0.151. The summed E-state index contributed by atoms with van der Waals surface area (Å²) in [7, 11) is 0. The summed E-state index contributed by atoms with van der Waals surface area (Å²) in [5.74, 6) is 0. The van der Waals surface area contributed by atoms with Gasteiger partial charge in [-0.05, 0) is 40.5 Å². The van der Waals surface area contributed by atoms with Crippen molar-refractivity contribution in [3.8, 4) is 17.3 Å². The summed E-state index contributed by atoms with van der Waals surface area (Å²) in [6.07, 6.45) is 0. The van der Waals surface area contributed by atoms with Crippen molar-refractivity contribution in [2.45, 2.75) is 17.4 Å². The molecule has 0 aliphatic rings. The molecule has 0 N–H and O–H groups in total. The highest BCUT2D eigenvalue weighted by atomic mass is 79.9. The molecule has 3 nitrogen and oxygen atoms in total. The van der Waals surface area contributed by atoms with Crippen LogP contribution in [-0.4, -0.2) is 11.2 Å². The Labute approximate surface area is 162 Å². The summed E-state index contributed by atoms with van der Waals surface area (Å²) >= 11 is 27.6. The summed E-state index contributed by atoms with van der Waals surface area (Å²) in [5.41, 5.74) is 2.09. The molecule has 0 unspecified atom stereocenters. The van der Waals surface area contributed by atoms with Gasteiger partial charge in [0.05, 0.1) is 21.4 Å². The number of nitrogens with zero attached hydrogens (tertiary/aromatic N) is 2. The van der Waals surface area contributed by atoms with Gasteiger partial charge in [-0.2, -0.15) is 5.26 Å². The monoisotopic (exact) mass is 454 g/mol. The minimum Gasteiger partial charge on any atom is -0.361 e. The molecule has 0 radical (unpaired) electrons. The first-order valence-corrected chi connectivity index (χ1v) is 8.84. The fourth-order valence-electron chi connectivity index (χ4n) is 2.19. The molecule has 0 atom stereocenters. The molecule has 0 aliphatic carbocycles. The Kier molecular flexibility index (Phi) is 6.29. The molecule has 8 heteroatoms. The van der Waals surface area contributed by atoms with Gasteiger partial charge in [-0.25, -0.2) is 0 Å². The standard InChI is InChI=1S/C15H11BrCl4N2O/c1-2-23-8-22-13(9-3-5-10(17)6-4-9)11(7-21)12(16)14(22)15(18,19)20/h3-6H,2,8H2,1H3. The molecular weight excluding hydrogens is 446 g/mol. The van der Waals surface area contributed by atoms with Crippen LogP contribution in [0.3, 0.4) is 0 Å². The molecule has 1 aromatic carbocycles. The van der Waals surface area contributed by atoms with Crippen LogP contribution in [0.4, 0.5) is 0 Å². The van der Waals surface area contributed by atoms with Gasteiger partial charge in [0.25, 0.3) is 0 Å². The zero-order valence-corrected chi connectivity index (χ0v) is 16.5. The van der Waals surface area contributed by atoms with Gasteiger partial charge in [0, 0.05) is 11.6 Å². The Balaban J connectivity index is 2.77. The van der Waals surface area contributed by atoms with Crippen LogP contribution in [0.25, 0.3) is 11.3 Å². The predicted molar refractivity (Wildman–Crippen MR) is 98.2 cm³/mol. The molecule has 2 rings (SSSR count). The molecular formula is C15H11BrCl4N2O. The fourth-order valence-corrected chi connectivity index (χ4v) is 4.03. The Morgan fingerprint density at radius 2 is 1.87 bits per heavy atom. The van der Waals surface area contributed by atoms with Crippen LogP contribution in [0, 0.1) is 11.3 Å². The molecule has 0 aliphatic heterocycles. The van der Waals surface area contributed by atoms with Crippen LogP contribution in [0.15, 0.2) is 28.7 Å². The molecule has 0 fully saturated rings. The smallest absolute Gasteiger partial charge is 0.231 e. The number of ether oxygens (including phenoxy) is 1. The van der Waals surface area contributed by atoms with E-state index in [1.807, 2.05) is 6.92 Å². The maximum absolute atomic E-state index is 9.55. The summed E-state index contributed by atoms with van der Waals surface area (Å²) in [5, 5.41) is 10.1. The topological polar surface area (TPSA) is 38.0 Å². The van der Waals surface area contributed by atoms with Gasteiger partial charge in [-0.15, -0.1) is 0 Å². The van der Waals surface area contributed by atoms with E-state index >= 15 is 0 Å². The molecule has 2 aromatic rings. The van der Waals surface area contributed by atoms with Crippen molar-refractivity contribution in [1.82, 2.24) is 4.57 Å².